The number of hydrogen-bond donors (Lipinski definition) is 0. The average molecular weight is 207 g/mol. The monoisotopic (exact) mass is 206 g/mol. The van der Waals surface area contributed by atoms with Gasteiger partial charge in [0, 0.05) is 11.6 Å². The molecule has 5 heteroatoms. The lowest BCUT2D eigenvalue weighted by Gasteiger charge is -1.86. The van der Waals surface area contributed by atoms with Gasteiger partial charge in [0.25, 0.3) is 0 Å². The highest BCUT2D eigenvalue weighted by molar-refractivity contribution is 8.01. The van der Waals surface area contributed by atoms with Gasteiger partial charge in [-0.05, 0) is 0 Å². The van der Waals surface area contributed by atoms with E-state index in [1.54, 1.807) is 28.6 Å². The molecule has 1 aromatic rings. The molecule has 60 valence electrons. The second-order valence-electron chi connectivity index (χ2n) is 1.64. The van der Waals surface area contributed by atoms with Crippen molar-refractivity contribution in [3.63, 3.8) is 0 Å². The van der Waals surface area contributed by atoms with Crippen molar-refractivity contribution in [1.29, 1.82) is 0 Å². The quantitative estimate of drug-likeness (QED) is 0.430. The zero-order valence-corrected chi connectivity index (χ0v) is 8.12. The molecule has 0 spiro atoms. The summed E-state index contributed by atoms with van der Waals surface area (Å²) in [5.74, 6) is 1.50. The minimum absolute atomic E-state index is 0.580. The summed E-state index contributed by atoms with van der Waals surface area (Å²) in [6, 6.07) is 0. The minimum atomic E-state index is 0.580. The maximum Gasteiger partial charge on any atom is 0.174 e. The van der Waals surface area contributed by atoms with E-state index >= 15 is 0 Å². The molecule has 1 rings (SSSR count). The summed E-state index contributed by atoms with van der Waals surface area (Å²) < 4.78 is 1.00. The summed E-state index contributed by atoms with van der Waals surface area (Å²) in [7, 11) is 0. The SMILES string of the molecule is ClCC=CCSc1nncs1. The molecule has 1 heterocycles. The topological polar surface area (TPSA) is 25.8 Å². The lowest BCUT2D eigenvalue weighted by molar-refractivity contribution is 1.01. The number of aromatic nitrogens is 2. The number of nitrogens with zero attached hydrogens (tertiary/aromatic N) is 2. The number of hydrogen-bond acceptors (Lipinski definition) is 4. The fourth-order valence-corrected chi connectivity index (χ4v) is 1.97. The van der Waals surface area contributed by atoms with E-state index in [-0.39, 0.29) is 0 Å². The first-order valence-electron chi connectivity index (χ1n) is 3.03. The van der Waals surface area contributed by atoms with Crippen LogP contribution in [0.15, 0.2) is 22.0 Å². The van der Waals surface area contributed by atoms with Crippen molar-refractivity contribution in [2.24, 2.45) is 0 Å². The Kier molecular flexibility index (Phi) is 4.58. The van der Waals surface area contributed by atoms with Crippen LogP contribution >= 0.6 is 34.7 Å². The van der Waals surface area contributed by atoms with Gasteiger partial charge in [0.1, 0.15) is 5.51 Å². The van der Waals surface area contributed by atoms with E-state index in [4.69, 9.17) is 11.6 Å². The predicted molar refractivity (Wildman–Crippen MR) is 50.5 cm³/mol. The van der Waals surface area contributed by atoms with Gasteiger partial charge in [0.05, 0.1) is 0 Å². The van der Waals surface area contributed by atoms with Crippen LogP contribution in [-0.2, 0) is 0 Å². The summed E-state index contributed by atoms with van der Waals surface area (Å²) in [5.41, 5.74) is 1.73. The van der Waals surface area contributed by atoms with Crippen LogP contribution in [0.3, 0.4) is 0 Å². The van der Waals surface area contributed by atoms with Crippen LogP contribution < -0.4 is 0 Å². The maximum absolute atomic E-state index is 5.44. The summed E-state index contributed by atoms with van der Waals surface area (Å²) in [6.45, 7) is 0. The van der Waals surface area contributed by atoms with Crippen molar-refractivity contribution in [3.8, 4) is 0 Å². The molecule has 0 aromatic carbocycles. The van der Waals surface area contributed by atoms with Gasteiger partial charge in [0.2, 0.25) is 0 Å². The lowest BCUT2D eigenvalue weighted by Crippen LogP contribution is -1.73. The van der Waals surface area contributed by atoms with Gasteiger partial charge in [-0.15, -0.1) is 21.8 Å². The minimum Gasteiger partial charge on any atom is -0.146 e. The fraction of sp³-hybridized carbons (Fsp3) is 0.333. The third-order valence-corrected chi connectivity index (χ3v) is 2.89. The normalized spacial score (nSPS) is 11.0. The zero-order chi connectivity index (χ0) is 7.94. The molecule has 0 aliphatic rings. The fourth-order valence-electron chi connectivity index (χ4n) is 0.476. The van der Waals surface area contributed by atoms with E-state index in [2.05, 4.69) is 10.2 Å². The molecule has 0 radical (unpaired) electrons. The third-order valence-electron chi connectivity index (χ3n) is 0.899. The second-order valence-corrected chi connectivity index (χ2v) is 4.05. The molecular formula is C6H7ClN2S2. The Bertz CT molecular complexity index is 210. The van der Waals surface area contributed by atoms with Crippen LogP contribution in [0.4, 0.5) is 0 Å². The second kappa shape index (κ2) is 5.57. The highest BCUT2D eigenvalue weighted by Gasteiger charge is 1.92. The summed E-state index contributed by atoms with van der Waals surface area (Å²) >= 11 is 8.66. The van der Waals surface area contributed by atoms with Gasteiger partial charge in [-0.1, -0.05) is 35.3 Å². The molecule has 0 atom stereocenters. The molecular weight excluding hydrogens is 200 g/mol. The molecule has 2 nitrogen and oxygen atoms in total. The van der Waals surface area contributed by atoms with E-state index < -0.39 is 0 Å². The van der Waals surface area contributed by atoms with Crippen molar-refractivity contribution in [1.82, 2.24) is 10.2 Å². The first-order chi connectivity index (χ1) is 5.43. The standard InChI is InChI=1S/C6H7ClN2S2/c7-3-1-2-4-10-6-9-8-5-11-6/h1-2,5H,3-4H2. The Morgan fingerprint density at radius 2 is 2.55 bits per heavy atom. The highest BCUT2D eigenvalue weighted by atomic mass is 35.5. The molecule has 0 unspecified atom stereocenters. The number of allylic oxidation sites excluding steroid dienone is 1. The van der Waals surface area contributed by atoms with Crippen LogP contribution in [0.25, 0.3) is 0 Å². The van der Waals surface area contributed by atoms with Crippen molar-refractivity contribution >= 4 is 34.7 Å². The maximum atomic E-state index is 5.44. The molecule has 0 saturated carbocycles. The van der Waals surface area contributed by atoms with Crippen LogP contribution in [0.1, 0.15) is 0 Å². The third kappa shape index (κ3) is 3.74. The van der Waals surface area contributed by atoms with Crippen LogP contribution in [0.2, 0.25) is 0 Å². The summed E-state index contributed by atoms with van der Waals surface area (Å²) in [5, 5.41) is 7.60. The number of alkyl halides is 1. The van der Waals surface area contributed by atoms with Crippen LogP contribution in [-0.4, -0.2) is 21.8 Å². The Labute approximate surface area is 78.7 Å². The molecule has 11 heavy (non-hydrogen) atoms. The van der Waals surface area contributed by atoms with Crippen molar-refractivity contribution in [2.75, 3.05) is 11.6 Å². The molecule has 0 bridgehead atoms. The predicted octanol–water partition coefficient (Wildman–Crippen LogP) is 2.43. The Balaban J connectivity index is 2.19. The van der Waals surface area contributed by atoms with Gasteiger partial charge < -0.3 is 0 Å². The van der Waals surface area contributed by atoms with Crippen LogP contribution in [0, 0.1) is 0 Å². The molecule has 0 N–H and O–H groups in total. The molecule has 1 aromatic heterocycles. The molecule has 0 aliphatic carbocycles. The van der Waals surface area contributed by atoms with Crippen molar-refractivity contribution in [2.45, 2.75) is 4.34 Å². The Morgan fingerprint density at radius 3 is 3.18 bits per heavy atom. The van der Waals surface area contributed by atoms with E-state index in [1.807, 2.05) is 12.2 Å². The molecule has 0 saturated heterocycles. The summed E-state index contributed by atoms with van der Waals surface area (Å²) in [4.78, 5) is 0. The average Bonchev–Trinajstić information content (AvgIpc) is 2.50. The highest BCUT2D eigenvalue weighted by Crippen LogP contribution is 2.18. The smallest absolute Gasteiger partial charge is 0.146 e. The van der Waals surface area contributed by atoms with Crippen LogP contribution in [0.5, 0.6) is 0 Å². The Hall–Kier alpha value is -0.0600. The first-order valence-corrected chi connectivity index (χ1v) is 5.43. The number of rotatable bonds is 4. The van der Waals surface area contributed by atoms with Gasteiger partial charge >= 0.3 is 0 Å². The number of thioether (sulfide) groups is 1. The zero-order valence-electron chi connectivity index (χ0n) is 5.74. The van der Waals surface area contributed by atoms with E-state index in [0.29, 0.717) is 5.88 Å². The lowest BCUT2D eigenvalue weighted by atomic mass is 10.6. The Morgan fingerprint density at radius 1 is 1.64 bits per heavy atom. The van der Waals surface area contributed by atoms with Gasteiger partial charge in [0.15, 0.2) is 4.34 Å². The first kappa shape index (κ1) is 9.03. The van der Waals surface area contributed by atoms with Gasteiger partial charge in [-0.25, -0.2) is 0 Å². The molecule has 0 amide bonds. The molecule has 0 fully saturated rings. The largest absolute Gasteiger partial charge is 0.174 e. The van der Waals surface area contributed by atoms with Gasteiger partial charge in [-0.3, -0.25) is 0 Å². The van der Waals surface area contributed by atoms with Crippen molar-refractivity contribution in [3.05, 3.63) is 17.7 Å². The van der Waals surface area contributed by atoms with Gasteiger partial charge in [-0.2, -0.15) is 0 Å². The van der Waals surface area contributed by atoms with E-state index in [1.165, 1.54) is 0 Å². The molecule has 0 aliphatic heterocycles. The van der Waals surface area contributed by atoms with Crippen molar-refractivity contribution < 1.29 is 0 Å². The van der Waals surface area contributed by atoms with E-state index in [0.717, 1.165) is 10.1 Å². The van der Waals surface area contributed by atoms with E-state index in [9.17, 15) is 0 Å². The number of halogens is 1. The summed E-state index contributed by atoms with van der Waals surface area (Å²) in [6.07, 6.45) is 3.95.